The lowest BCUT2D eigenvalue weighted by atomic mass is 9.55. The Kier molecular flexibility index (Phi) is 7.62. The van der Waals surface area contributed by atoms with Gasteiger partial charge < -0.3 is 10.2 Å². The average molecular weight is 460 g/mol. The molecule has 1 saturated carbocycles. The molecule has 3 N–H and O–H groups in total. The number of imide groups is 1. The van der Waals surface area contributed by atoms with Crippen molar-refractivity contribution < 1.29 is 29.4 Å². The summed E-state index contributed by atoms with van der Waals surface area (Å²) >= 11 is 0. The molecule has 0 saturated heterocycles. The first kappa shape index (κ1) is 25.3. The second-order valence-corrected chi connectivity index (χ2v) is 10.3. The van der Waals surface area contributed by atoms with E-state index in [1.807, 2.05) is 20.8 Å². The highest BCUT2D eigenvalue weighted by atomic mass is 16.4. The van der Waals surface area contributed by atoms with E-state index in [0.29, 0.717) is 18.4 Å². The summed E-state index contributed by atoms with van der Waals surface area (Å²) in [7, 11) is 0. The van der Waals surface area contributed by atoms with E-state index in [1.165, 1.54) is 0 Å². The summed E-state index contributed by atoms with van der Waals surface area (Å²) in [6, 6.07) is 0. The van der Waals surface area contributed by atoms with E-state index in [-0.39, 0.29) is 29.7 Å². The van der Waals surface area contributed by atoms with Crippen LogP contribution in [0.4, 0.5) is 0 Å². The zero-order valence-corrected chi connectivity index (χ0v) is 20.1. The second kappa shape index (κ2) is 9.92. The van der Waals surface area contributed by atoms with Crippen LogP contribution in [-0.2, 0) is 19.2 Å². The van der Waals surface area contributed by atoms with Crippen LogP contribution in [0.1, 0.15) is 72.6 Å². The van der Waals surface area contributed by atoms with Crippen molar-refractivity contribution in [2.45, 2.75) is 78.2 Å². The third kappa shape index (κ3) is 4.70. The number of aliphatic carboxylic acids is 1. The number of allylic oxidation sites excluding steroid dienone is 1. The molecule has 2 aliphatic carbocycles. The first-order chi connectivity index (χ1) is 15.6. The Hall–Kier alpha value is -2.28. The summed E-state index contributed by atoms with van der Waals surface area (Å²) in [6.45, 7) is 7.80. The summed E-state index contributed by atoms with van der Waals surface area (Å²) in [5.41, 5.74) is -1.19. The summed E-state index contributed by atoms with van der Waals surface area (Å²) < 4.78 is 0. The lowest BCUT2D eigenvalue weighted by Crippen LogP contribution is -2.55. The van der Waals surface area contributed by atoms with E-state index < -0.39 is 46.9 Å². The van der Waals surface area contributed by atoms with Gasteiger partial charge in [-0.25, -0.2) is 0 Å². The Balaban J connectivity index is 2.01. The highest BCUT2D eigenvalue weighted by Crippen LogP contribution is 2.51. The normalized spacial score (nSPS) is 34.8. The number of fused-ring (bicyclic) bond motifs is 1. The highest BCUT2D eigenvalue weighted by molar-refractivity contribution is 6.32. The molecule has 7 atom stereocenters. The fourth-order valence-electron chi connectivity index (χ4n) is 6.36. The van der Waals surface area contributed by atoms with Gasteiger partial charge in [-0.3, -0.25) is 24.5 Å². The number of rotatable bonds is 9. The largest absolute Gasteiger partial charge is 0.481 e. The monoisotopic (exact) mass is 459 g/mol. The van der Waals surface area contributed by atoms with Crippen LogP contribution in [0.15, 0.2) is 23.3 Å². The minimum absolute atomic E-state index is 0.0377. The minimum Gasteiger partial charge on any atom is -0.481 e. The van der Waals surface area contributed by atoms with Gasteiger partial charge in [-0.2, -0.15) is 0 Å². The van der Waals surface area contributed by atoms with E-state index >= 15 is 0 Å². The van der Waals surface area contributed by atoms with Crippen LogP contribution in [0.2, 0.25) is 0 Å². The molecule has 1 aliphatic heterocycles. The molecular formula is C26H37NO6. The van der Waals surface area contributed by atoms with Crippen molar-refractivity contribution >= 4 is 23.6 Å². The van der Waals surface area contributed by atoms with Gasteiger partial charge in [0.15, 0.2) is 5.78 Å². The number of carboxylic acid groups (broad SMARTS) is 1. The number of aliphatic hydroxyl groups is 1. The molecule has 0 spiro atoms. The number of hydrogen-bond donors (Lipinski definition) is 3. The third-order valence-electron chi connectivity index (χ3n) is 7.99. The first-order valence-corrected chi connectivity index (χ1v) is 12.3. The molecule has 0 aromatic rings. The summed E-state index contributed by atoms with van der Waals surface area (Å²) in [4.78, 5) is 51.2. The smallest absolute Gasteiger partial charge is 0.306 e. The lowest BCUT2D eigenvalue weighted by molar-refractivity contribution is -0.155. The third-order valence-corrected chi connectivity index (χ3v) is 7.99. The van der Waals surface area contributed by atoms with Crippen molar-refractivity contribution in [3.05, 3.63) is 23.3 Å². The Morgan fingerprint density at radius 1 is 1.18 bits per heavy atom. The number of carbonyl (C=O) groups is 4. The van der Waals surface area contributed by atoms with Crippen LogP contribution in [0.25, 0.3) is 0 Å². The summed E-state index contributed by atoms with van der Waals surface area (Å²) in [5, 5.41) is 23.3. The summed E-state index contributed by atoms with van der Waals surface area (Å²) in [5.74, 6) is -5.03. The topological polar surface area (TPSA) is 121 Å². The number of carboxylic acids is 1. The van der Waals surface area contributed by atoms with Crippen molar-refractivity contribution in [2.75, 3.05) is 0 Å². The van der Waals surface area contributed by atoms with Gasteiger partial charge in [0.05, 0.1) is 17.1 Å². The van der Waals surface area contributed by atoms with Gasteiger partial charge in [-0.05, 0) is 43.4 Å². The predicted octanol–water partition coefficient (Wildman–Crippen LogP) is 3.42. The molecule has 3 rings (SSSR count). The zero-order valence-electron chi connectivity index (χ0n) is 20.1. The molecular weight excluding hydrogens is 422 g/mol. The fourth-order valence-corrected chi connectivity index (χ4v) is 6.36. The van der Waals surface area contributed by atoms with Gasteiger partial charge >= 0.3 is 5.97 Å². The van der Waals surface area contributed by atoms with Gasteiger partial charge in [0.1, 0.15) is 0 Å². The molecule has 0 radical (unpaired) electrons. The van der Waals surface area contributed by atoms with Crippen LogP contribution in [0.5, 0.6) is 0 Å². The van der Waals surface area contributed by atoms with Gasteiger partial charge in [0.2, 0.25) is 0 Å². The molecule has 33 heavy (non-hydrogen) atoms. The number of carbonyl (C=O) groups excluding carboxylic acids is 3. The molecule has 3 aliphatic rings. The molecule has 2 amide bonds. The van der Waals surface area contributed by atoms with Gasteiger partial charge in [0, 0.05) is 17.4 Å². The summed E-state index contributed by atoms with van der Waals surface area (Å²) in [6.07, 6.45) is 8.16. The molecule has 0 aromatic carbocycles. The molecule has 7 heteroatoms. The van der Waals surface area contributed by atoms with Crippen LogP contribution in [-0.4, -0.2) is 39.4 Å². The standard InChI is InChI=1S/C26H37NO6/c1-5-7-8-9-16(6-2)19-20(24(30)27-23(19)29)22(28)18-14(3)10-11-26(33)13-17(25(31)32)12-15(4)21(18)26/h10-11,14-18,21,33H,5-9,12-13H2,1-4H3,(H,31,32)(H,27,29,30). The quantitative estimate of drug-likeness (QED) is 0.210. The second-order valence-electron chi connectivity index (χ2n) is 10.3. The van der Waals surface area contributed by atoms with Crippen LogP contribution in [0, 0.1) is 35.5 Å². The van der Waals surface area contributed by atoms with Gasteiger partial charge in [0.25, 0.3) is 11.8 Å². The Morgan fingerprint density at radius 3 is 2.48 bits per heavy atom. The van der Waals surface area contributed by atoms with Gasteiger partial charge in [-0.15, -0.1) is 0 Å². The first-order valence-electron chi connectivity index (χ1n) is 12.3. The number of Topliss-reactive ketones (excluding diaryl/α,β-unsaturated/α-hetero) is 1. The van der Waals surface area contributed by atoms with Crippen molar-refractivity contribution in [3.8, 4) is 0 Å². The Morgan fingerprint density at radius 2 is 1.88 bits per heavy atom. The SMILES string of the molecule is CCCCCC(CC)C1=C(C(=O)C2C(C)C=CC3(O)CC(C(=O)O)CC(C)C23)C(=O)NC1=O. The number of hydrogen-bond acceptors (Lipinski definition) is 5. The fraction of sp³-hybridized carbons (Fsp3) is 0.692. The number of nitrogens with one attached hydrogen (secondary N) is 1. The molecule has 7 nitrogen and oxygen atoms in total. The van der Waals surface area contributed by atoms with Crippen LogP contribution in [0.3, 0.4) is 0 Å². The number of ketones is 1. The Labute approximate surface area is 195 Å². The number of amides is 2. The van der Waals surface area contributed by atoms with Crippen molar-refractivity contribution in [1.82, 2.24) is 5.32 Å². The van der Waals surface area contributed by atoms with Gasteiger partial charge in [-0.1, -0.05) is 59.1 Å². The molecule has 0 aromatic heterocycles. The van der Waals surface area contributed by atoms with E-state index in [9.17, 15) is 29.4 Å². The van der Waals surface area contributed by atoms with E-state index in [1.54, 1.807) is 12.2 Å². The van der Waals surface area contributed by atoms with Crippen LogP contribution < -0.4 is 5.32 Å². The average Bonchev–Trinajstić information content (AvgIpc) is 3.05. The maximum atomic E-state index is 14.0. The maximum Gasteiger partial charge on any atom is 0.306 e. The number of unbranched alkanes of at least 4 members (excludes halogenated alkanes) is 2. The molecule has 0 bridgehead atoms. The molecule has 1 heterocycles. The van der Waals surface area contributed by atoms with E-state index in [4.69, 9.17) is 0 Å². The predicted molar refractivity (Wildman–Crippen MR) is 123 cm³/mol. The van der Waals surface area contributed by atoms with E-state index in [0.717, 1.165) is 25.7 Å². The Bertz CT molecular complexity index is 889. The minimum atomic E-state index is -1.43. The van der Waals surface area contributed by atoms with E-state index in [2.05, 4.69) is 12.2 Å². The van der Waals surface area contributed by atoms with Crippen molar-refractivity contribution in [1.29, 1.82) is 0 Å². The van der Waals surface area contributed by atoms with Crippen molar-refractivity contribution in [2.24, 2.45) is 35.5 Å². The molecule has 1 fully saturated rings. The maximum absolute atomic E-state index is 14.0. The van der Waals surface area contributed by atoms with Crippen LogP contribution >= 0.6 is 0 Å². The molecule has 182 valence electrons. The lowest BCUT2D eigenvalue weighted by Gasteiger charge is -2.51. The highest BCUT2D eigenvalue weighted by Gasteiger charge is 2.55. The zero-order chi connectivity index (χ0) is 24.5. The van der Waals surface area contributed by atoms with Crippen molar-refractivity contribution in [3.63, 3.8) is 0 Å². The molecule has 7 unspecified atom stereocenters.